The van der Waals surface area contributed by atoms with Gasteiger partial charge in [0.25, 0.3) is 0 Å². The van der Waals surface area contributed by atoms with Crippen LogP contribution in [-0.2, 0) is 0 Å². The van der Waals surface area contributed by atoms with Gasteiger partial charge in [0.15, 0.2) is 11.6 Å². The lowest BCUT2D eigenvalue weighted by Crippen LogP contribution is -2.05. The molecule has 0 saturated heterocycles. The van der Waals surface area contributed by atoms with Crippen molar-refractivity contribution in [3.63, 3.8) is 0 Å². The van der Waals surface area contributed by atoms with Crippen molar-refractivity contribution in [2.75, 3.05) is 6.54 Å². The maximum atomic E-state index is 4.64. The van der Waals surface area contributed by atoms with Crippen molar-refractivity contribution in [3.8, 4) is 0 Å². The molecular formula is C30H46N4. The summed E-state index contributed by atoms with van der Waals surface area (Å²) in [6.07, 6.45) is 21.5. The van der Waals surface area contributed by atoms with Gasteiger partial charge in [-0.15, -0.1) is 0 Å². The highest BCUT2D eigenvalue weighted by atomic mass is 15.0. The molecule has 0 unspecified atom stereocenters. The van der Waals surface area contributed by atoms with Gasteiger partial charge in [-0.3, -0.25) is 4.99 Å². The van der Waals surface area contributed by atoms with E-state index in [1.54, 1.807) is 0 Å². The van der Waals surface area contributed by atoms with Gasteiger partial charge in [0.2, 0.25) is 0 Å². The summed E-state index contributed by atoms with van der Waals surface area (Å²) in [7, 11) is 0. The molecule has 0 bridgehead atoms. The third-order valence-corrected chi connectivity index (χ3v) is 5.60. The third-order valence-electron chi connectivity index (χ3n) is 5.60. The summed E-state index contributed by atoms with van der Waals surface area (Å²) in [4.78, 5) is 18.2. The van der Waals surface area contributed by atoms with E-state index in [0.29, 0.717) is 17.1 Å². The van der Waals surface area contributed by atoms with Gasteiger partial charge in [-0.05, 0) is 59.8 Å². The molecule has 186 valence electrons. The monoisotopic (exact) mass is 462 g/mol. The van der Waals surface area contributed by atoms with Crippen LogP contribution in [0.3, 0.4) is 0 Å². The largest absolute Gasteiger partial charge is 0.293 e. The lowest BCUT2D eigenvalue weighted by Gasteiger charge is -2.17. The van der Waals surface area contributed by atoms with Crippen molar-refractivity contribution in [2.45, 2.75) is 99.3 Å². The summed E-state index contributed by atoms with van der Waals surface area (Å²) in [5.41, 5.74) is 3.04. The van der Waals surface area contributed by atoms with E-state index in [-0.39, 0.29) is 5.41 Å². The minimum atomic E-state index is 0.0347. The highest BCUT2D eigenvalue weighted by Gasteiger charge is 2.08. The molecule has 34 heavy (non-hydrogen) atoms. The summed E-state index contributed by atoms with van der Waals surface area (Å²) in [5, 5.41) is 0. The van der Waals surface area contributed by atoms with Crippen LogP contribution in [0.4, 0.5) is 11.6 Å². The number of rotatable bonds is 12. The predicted octanol–water partition coefficient (Wildman–Crippen LogP) is 9.03. The molecule has 1 aliphatic carbocycles. The Morgan fingerprint density at radius 1 is 0.765 bits per heavy atom. The van der Waals surface area contributed by atoms with Crippen LogP contribution in [0.2, 0.25) is 0 Å². The first kappa shape index (κ1) is 27.9. The number of aliphatic imine (C=N–C) groups is 3. The number of hydrogen-bond donors (Lipinski definition) is 0. The summed E-state index contributed by atoms with van der Waals surface area (Å²) in [5.74, 6) is 1.39. The average Bonchev–Trinajstić information content (AvgIpc) is 2.77. The molecule has 0 fully saturated rings. The first-order valence-corrected chi connectivity index (χ1v) is 13.1. The van der Waals surface area contributed by atoms with Gasteiger partial charge in [-0.2, -0.15) is 0 Å². The maximum absolute atomic E-state index is 4.64. The zero-order chi connectivity index (χ0) is 24.9. The number of aromatic nitrogens is 1. The SMILES string of the molecule is CC(C)(C)/C=N/c1cccc(N=CC2=CC=C(C=NCCCCCCCCC(C)(C)C)CC2)n1. The molecular weight excluding hydrogens is 416 g/mol. The van der Waals surface area contributed by atoms with Crippen LogP contribution >= 0.6 is 0 Å². The van der Waals surface area contributed by atoms with Crippen molar-refractivity contribution < 1.29 is 0 Å². The lowest BCUT2D eigenvalue weighted by atomic mass is 9.89. The van der Waals surface area contributed by atoms with E-state index < -0.39 is 0 Å². The standard InChI is InChI=1S/C30H46N4/c1-29(2,3)20-11-9-7-8-10-12-21-31-22-25-16-18-26(19-17-25)23-32-27-14-13-15-28(34-27)33-24-30(4,5)6/h13-16,18,22-24H,7-12,17,19-21H2,1-6H3/b31-22?,32-23?,33-24+. The van der Waals surface area contributed by atoms with Gasteiger partial charge in [0.05, 0.1) is 0 Å². The molecule has 0 N–H and O–H groups in total. The molecule has 4 heteroatoms. The van der Waals surface area contributed by atoms with Gasteiger partial charge in [0, 0.05) is 25.2 Å². The van der Waals surface area contributed by atoms with E-state index in [4.69, 9.17) is 0 Å². The molecule has 1 aliphatic rings. The number of unbranched alkanes of at least 4 members (excludes halogenated alkanes) is 5. The molecule has 1 aromatic rings. The van der Waals surface area contributed by atoms with Crippen LogP contribution in [0.1, 0.15) is 99.3 Å². The summed E-state index contributed by atoms with van der Waals surface area (Å²) in [6.45, 7) is 14.3. The van der Waals surface area contributed by atoms with Gasteiger partial charge in [-0.1, -0.05) is 91.9 Å². The first-order chi connectivity index (χ1) is 16.1. The van der Waals surface area contributed by atoms with E-state index in [1.165, 1.54) is 56.1 Å². The zero-order valence-corrected chi connectivity index (χ0v) is 22.5. The van der Waals surface area contributed by atoms with E-state index >= 15 is 0 Å². The molecule has 0 spiro atoms. The van der Waals surface area contributed by atoms with Crippen LogP contribution in [0.15, 0.2) is 56.5 Å². The highest BCUT2D eigenvalue weighted by Crippen LogP contribution is 2.23. The molecule has 1 heterocycles. The number of allylic oxidation sites excluding steroid dienone is 4. The minimum absolute atomic E-state index is 0.0347. The van der Waals surface area contributed by atoms with Crippen LogP contribution in [-0.4, -0.2) is 30.2 Å². The molecule has 0 radical (unpaired) electrons. The minimum Gasteiger partial charge on any atom is -0.293 e. The highest BCUT2D eigenvalue weighted by molar-refractivity contribution is 5.85. The quantitative estimate of drug-likeness (QED) is 0.226. The molecule has 0 amide bonds. The third kappa shape index (κ3) is 13.4. The van der Waals surface area contributed by atoms with Crippen molar-refractivity contribution >= 4 is 30.3 Å². The second-order valence-corrected chi connectivity index (χ2v) is 11.7. The molecule has 1 aromatic heterocycles. The van der Waals surface area contributed by atoms with Crippen molar-refractivity contribution in [3.05, 3.63) is 41.5 Å². The molecule has 2 rings (SSSR count). The Morgan fingerprint density at radius 3 is 1.97 bits per heavy atom. The van der Waals surface area contributed by atoms with E-state index in [1.807, 2.05) is 30.6 Å². The Bertz CT molecular complexity index is 889. The number of hydrogen-bond acceptors (Lipinski definition) is 4. The summed E-state index contributed by atoms with van der Waals surface area (Å²) < 4.78 is 0. The fourth-order valence-corrected chi connectivity index (χ4v) is 3.60. The molecule has 0 atom stereocenters. The Labute approximate surface area is 208 Å². The Morgan fingerprint density at radius 2 is 1.35 bits per heavy atom. The lowest BCUT2D eigenvalue weighted by molar-refractivity contribution is 0.356. The molecule has 0 saturated carbocycles. The van der Waals surface area contributed by atoms with Gasteiger partial charge < -0.3 is 0 Å². The van der Waals surface area contributed by atoms with E-state index in [2.05, 4.69) is 79.9 Å². The van der Waals surface area contributed by atoms with Crippen LogP contribution in [0.25, 0.3) is 0 Å². The Kier molecular flexibility index (Phi) is 11.6. The van der Waals surface area contributed by atoms with Crippen molar-refractivity contribution in [2.24, 2.45) is 25.8 Å². The fourth-order valence-electron chi connectivity index (χ4n) is 3.60. The molecule has 4 nitrogen and oxygen atoms in total. The van der Waals surface area contributed by atoms with Crippen molar-refractivity contribution in [1.29, 1.82) is 0 Å². The van der Waals surface area contributed by atoms with Crippen molar-refractivity contribution in [1.82, 2.24) is 4.98 Å². The molecule has 0 aliphatic heterocycles. The van der Waals surface area contributed by atoms with Gasteiger partial charge >= 0.3 is 0 Å². The molecule has 0 aromatic carbocycles. The zero-order valence-electron chi connectivity index (χ0n) is 22.5. The van der Waals surface area contributed by atoms with E-state index in [0.717, 1.165) is 19.4 Å². The second kappa shape index (κ2) is 14.1. The van der Waals surface area contributed by atoms with Crippen LogP contribution in [0, 0.1) is 10.8 Å². The van der Waals surface area contributed by atoms with E-state index in [9.17, 15) is 0 Å². The Hall–Kier alpha value is -2.36. The topological polar surface area (TPSA) is 50.0 Å². The fraction of sp³-hybridized carbons (Fsp3) is 0.600. The van der Waals surface area contributed by atoms with Gasteiger partial charge in [-0.25, -0.2) is 15.0 Å². The van der Waals surface area contributed by atoms with Crippen LogP contribution in [0.5, 0.6) is 0 Å². The first-order valence-electron chi connectivity index (χ1n) is 13.1. The normalized spacial score (nSPS) is 15.5. The predicted molar refractivity (Wildman–Crippen MR) is 151 cm³/mol. The number of pyridine rings is 1. The smallest absolute Gasteiger partial charge is 0.154 e. The summed E-state index contributed by atoms with van der Waals surface area (Å²) >= 11 is 0. The maximum Gasteiger partial charge on any atom is 0.154 e. The Balaban J connectivity index is 1.69. The summed E-state index contributed by atoms with van der Waals surface area (Å²) in [6, 6.07) is 5.77. The average molecular weight is 463 g/mol. The van der Waals surface area contributed by atoms with Crippen LogP contribution < -0.4 is 0 Å². The van der Waals surface area contributed by atoms with Gasteiger partial charge in [0.1, 0.15) is 0 Å². The second-order valence-electron chi connectivity index (χ2n) is 11.7. The number of nitrogens with zero attached hydrogens (tertiary/aromatic N) is 4.